The summed E-state index contributed by atoms with van der Waals surface area (Å²) in [7, 11) is 0. The topological polar surface area (TPSA) is 50.9 Å². The van der Waals surface area contributed by atoms with E-state index in [-0.39, 0.29) is 5.82 Å². The zero-order chi connectivity index (χ0) is 11.5. The van der Waals surface area contributed by atoms with E-state index in [4.69, 9.17) is 5.73 Å². The molecule has 0 aliphatic rings. The molecular weight excluding hydrogens is 273 g/mol. The molecule has 16 heavy (non-hydrogen) atoms. The number of anilines is 3. The first-order valence-electron chi connectivity index (χ1n) is 4.59. The molecule has 0 fully saturated rings. The highest BCUT2D eigenvalue weighted by Crippen LogP contribution is 2.28. The third-order valence-corrected chi connectivity index (χ3v) is 2.67. The van der Waals surface area contributed by atoms with Gasteiger partial charge in [-0.15, -0.1) is 0 Å². The summed E-state index contributed by atoms with van der Waals surface area (Å²) in [6, 6.07) is 8.13. The van der Waals surface area contributed by atoms with Crippen molar-refractivity contribution in [1.82, 2.24) is 4.98 Å². The largest absolute Gasteiger partial charge is 0.384 e. The van der Waals surface area contributed by atoms with E-state index in [0.29, 0.717) is 21.7 Å². The van der Waals surface area contributed by atoms with Gasteiger partial charge in [-0.05, 0) is 34.1 Å². The molecule has 1 heterocycles. The van der Waals surface area contributed by atoms with Gasteiger partial charge in [0.25, 0.3) is 0 Å². The number of rotatable bonds is 2. The first-order chi connectivity index (χ1) is 7.66. The van der Waals surface area contributed by atoms with Crippen LogP contribution in [0.4, 0.5) is 21.6 Å². The highest BCUT2D eigenvalue weighted by Gasteiger charge is 2.06. The van der Waals surface area contributed by atoms with Crippen molar-refractivity contribution in [2.24, 2.45) is 0 Å². The molecule has 1 aromatic carbocycles. The molecule has 0 bridgehead atoms. The van der Waals surface area contributed by atoms with Crippen molar-refractivity contribution in [3.63, 3.8) is 0 Å². The second kappa shape index (κ2) is 4.49. The van der Waals surface area contributed by atoms with Crippen molar-refractivity contribution in [3.05, 3.63) is 46.8 Å². The first kappa shape index (κ1) is 10.9. The standard InChI is InChI=1S/C11H9BrFN3/c12-8-2-1-3-9(13)11(8)16-7-4-5-15-10(14)6-7/h1-6H,(H3,14,15,16). The predicted molar refractivity (Wildman–Crippen MR) is 66.0 cm³/mol. The Kier molecular flexibility index (Phi) is 3.05. The quantitative estimate of drug-likeness (QED) is 0.888. The van der Waals surface area contributed by atoms with Crippen LogP contribution in [0.15, 0.2) is 41.0 Å². The summed E-state index contributed by atoms with van der Waals surface area (Å²) in [5.41, 5.74) is 6.61. The van der Waals surface area contributed by atoms with E-state index >= 15 is 0 Å². The monoisotopic (exact) mass is 281 g/mol. The highest BCUT2D eigenvalue weighted by molar-refractivity contribution is 9.10. The second-order valence-corrected chi connectivity index (χ2v) is 4.05. The summed E-state index contributed by atoms with van der Waals surface area (Å²) in [5, 5.41) is 2.94. The van der Waals surface area contributed by atoms with Crippen molar-refractivity contribution in [2.75, 3.05) is 11.1 Å². The van der Waals surface area contributed by atoms with Gasteiger partial charge in [-0.3, -0.25) is 0 Å². The summed E-state index contributed by atoms with van der Waals surface area (Å²) in [6.45, 7) is 0. The van der Waals surface area contributed by atoms with Crippen molar-refractivity contribution >= 4 is 33.1 Å². The van der Waals surface area contributed by atoms with Gasteiger partial charge < -0.3 is 11.1 Å². The van der Waals surface area contributed by atoms with Gasteiger partial charge in [0.15, 0.2) is 0 Å². The number of pyridine rings is 1. The summed E-state index contributed by atoms with van der Waals surface area (Å²) >= 11 is 3.27. The zero-order valence-electron chi connectivity index (χ0n) is 8.24. The maximum atomic E-state index is 13.5. The maximum absolute atomic E-state index is 13.5. The number of hydrogen-bond donors (Lipinski definition) is 2. The lowest BCUT2D eigenvalue weighted by molar-refractivity contribution is 0.631. The first-order valence-corrected chi connectivity index (χ1v) is 5.38. The van der Waals surface area contributed by atoms with E-state index in [2.05, 4.69) is 26.2 Å². The van der Waals surface area contributed by atoms with Gasteiger partial charge in [0.1, 0.15) is 11.6 Å². The number of nitrogens with two attached hydrogens (primary N) is 1. The Hall–Kier alpha value is -1.62. The normalized spacial score (nSPS) is 10.1. The molecule has 82 valence electrons. The minimum Gasteiger partial charge on any atom is -0.384 e. The fourth-order valence-electron chi connectivity index (χ4n) is 1.29. The Balaban J connectivity index is 2.34. The van der Waals surface area contributed by atoms with Crippen LogP contribution >= 0.6 is 15.9 Å². The van der Waals surface area contributed by atoms with Crippen molar-refractivity contribution in [3.8, 4) is 0 Å². The molecule has 0 saturated carbocycles. The molecule has 3 nitrogen and oxygen atoms in total. The fourth-order valence-corrected chi connectivity index (χ4v) is 1.73. The zero-order valence-corrected chi connectivity index (χ0v) is 9.83. The van der Waals surface area contributed by atoms with E-state index in [1.807, 2.05) is 0 Å². The Morgan fingerprint density at radius 1 is 1.31 bits per heavy atom. The minimum absolute atomic E-state index is 0.329. The van der Waals surface area contributed by atoms with Crippen LogP contribution in [-0.4, -0.2) is 4.98 Å². The third-order valence-electron chi connectivity index (χ3n) is 2.01. The summed E-state index contributed by atoms with van der Waals surface area (Å²) in [4.78, 5) is 3.86. The van der Waals surface area contributed by atoms with Gasteiger partial charge in [-0.1, -0.05) is 6.07 Å². The van der Waals surface area contributed by atoms with Crippen LogP contribution < -0.4 is 11.1 Å². The number of nitrogens with one attached hydrogen (secondary N) is 1. The van der Waals surface area contributed by atoms with Crippen molar-refractivity contribution in [2.45, 2.75) is 0 Å². The fraction of sp³-hybridized carbons (Fsp3) is 0. The number of nitrogen functional groups attached to an aromatic ring is 1. The van der Waals surface area contributed by atoms with Crippen LogP contribution in [0.2, 0.25) is 0 Å². The molecule has 0 radical (unpaired) electrons. The maximum Gasteiger partial charge on any atom is 0.147 e. The second-order valence-electron chi connectivity index (χ2n) is 3.19. The molecule has 1 aromatic heterocycles. The molecule has 0 saturated heterocycles. The summed E-state index contributed by atoms with van der Waals surface area (Å²) in [5.74, 6) is 0.0576. The van der Waals surface area contributed by atoms with Gasteiger partial charge >= 0.3 is 0 Å². The van der Waals surface area contributed by atoms with E-state index in [0.717, 1.165) is 0 Å². The lowest BCUT2D eigenvalue weighted by atomic mass is 10.3. The third kappa shape index (κ3) is 2.30. The minimum atomic E-state index is -0.329. The molecular formula is C11H9BrFN3. The molecule has 0 amide bonds. The van der Waals surface area contributed by atoms with Crippen LogP contribution in [0.5, 0.6) is 0 Å². The molecule has 0 unspecified atom stereocenters. The number of hydrogen-bond acceptors (Lipinski definition) is 3. The van der Waals surface area contributed by atoms with Crippen molar-refractivity contribution in [1.29, 1.82) is 0 Å². The SMILES string of the molecule is Nc1cc(Nc2c(F)cccc2Br)ccn1. The average molecular weight is 282 g/mol. The molecule has 3 N–H and O–H groups in total. The Morgan fingerprint density at radius 2 is 2.12 bits per heavy atom. The molecule has 0 aliphatic carbocycles. The summed E-state index contributed by atoms with van der Waals surface area (Å²) < 4.78 is 14.2. The van der Waals surface area contributed by atoms with Crippen LogP contribution in [-0.2, 0) is 0 Å². The number of nitrogens with zero attached hydrogens (tertiary/aromatic N) is 1. The van der Waals surface area contributed by atoms with Gasteiger partial charge in [-0.25, -0.2) is 9.37 Å². The van der Waals surface area contributed by atoms with Crippen LogP contribution in [0.3, 0.4) is 0 Å². The van der Waals surface area contributed by atoms with Gasteiger partial charge in [0.05, 0.1) is 5.69 Å². The van der Waals surface area contributed by atoms with Crippen LogP contribution in [0, 0.1) is 5.82 Å². The van der Waals surface area contributed by atoms with Gasteiger partial charge in [-0.2, -0.15) is 0 Å². The molecule has 2 aromatic rings. The van der Waals surface area contributed by atoms with E-state index in [1.54, 1.807) is 30.5 Å². The molecule has 0 spiro atoms. The average Bonchev–Trinajstić information content (AvgIpc) is 2.24. The highest BCUT2D eigenvalue weighted by atomic mass is 79.9. The number of halogens is 2. The van der Waals surface area contributed by atoms with Crippen LogP contribution in [0.25, 0.3) is 0 Å². The Morgan fingerprint density at radius 3 is 2.81 bits per heavy atom. The van der Waals surface area contributed by atoms with E-state index in [1.165, 1.54) is 6.07 Å². The number of para-hydroxylation sites is 1. The lowest BCUT2D eigenvalue weighted by Crippen LogP contribution is -1.97. The van der Waals surface area contributed by atoms with Gasteiger partial charge in [0, 0.05) is 22.4 Å². The summed E-state index contributed by atoms with van der Waals surface area (Å²) in [6.07, 6.45) is 1.56. The van der Waals surface area contributed by atoms with E-state index in [9.17, 15) is 4.39 Å². The predicted octanol–water partition coefficient (Wildman–Crippen LogP) is 3.31. The van der Waals surface area contributed by atoms with Gasteiger partial charge in [0.2, 0.25) is 0 Å². The molecule has 2 rings (SSSR count). The molecule has 5 heteroatoms. The van der Waals surface area contributed by atoms with Crippen molar-refractivity contribution < 1.29 is 4.39 Å². The molecule has 0 atom stereocenters. The smallest absolute Gasteiger partial charge is 0.147 e. The lowest BCUT2D eigenvalue weighted by Gasteiger charge is -2.09. The number of benzene rings is 1. The van der Waals surface area contributed by atoms with E-state index < -0.39 is 0 Å². The Bertz CT molecular complexity index is 496. The van der Waals surface area contributed by atoms with Crippen LogP contribution in [0.1, 0.15) is 0 Å². The molecule has 0 aliphatic heterocycles. The number of aromatic nitrogens is 1. The Labute approximate surface area is 101 Å².